The van der Waals surface area contributed by atoms with Crippen molar-refractivity contribution in [1.82, 2.24) is 5.43 Å². The number of nitrogens with one attached hydrogen (secondary N) is 1. The largest absolute Gasteiger partial charge is 0.271 e. The van der Waals surface area contributed by atoms with Crippen LogP contribution in [0.4, 0.5) is 8.78 Å². The zero-order chi connectivity index (χ0) is 13.9. The van der Waals surface area contributed by atoms with E-state index in [4.69, 9.17) is 5.84 Å². The Morgan fingerprint density at radius 2 is 1.89 bits per heavy atom. The molecule has 0 aliphatic carbocycles. The standard InChI is InChI=1S/C14H22F2N2/c1-9-5-6-10(15)12(13(9)16)11(18-17)7-8-14(2,3)4/h5-6,11,18H,7-8,17H2,1-4H3. The average Bonchev–Trinajstić information content (AvgIpc) is 2.27. The van der Waals surface area contributed by atoms with Crippen LogP contribution in [-0.4, -0.2) is 0 Å². The fourth-order valence-electron chi connectivity index (χ4n) is 1.89. The minimum atomic E-state index is -0.546. The van der Waals surface area contributed by atoms with Crippen LogP contribution in [-0.2, 0) is 0 Å². The van der Waals surface area contributed by atoms with Crippen molar-refractivity contribution in [3.63, 3.8) is 0 Å². The molecule has 102 valence electrons. The molecule has 0 amide bonds. The van der Waals surface area contributed by atoms with Crippen LogP contribution in [0.25, 0.3) is 0 Å². The van der Waals surface area contributed by atoms with Gasteiger partial charge in [0.05, 0.1) is 6.04 Å². The highest BCUT2D eigenvalue weighted by atomic mass is 19.1. The molecule has 1 unspecified atom stereocenters. The monoisotopic (exact) mass is 256 g/mol. The third kappa shape index (κ3) is 3.75. The maximum Gasteiger partial charge on any atom is 0.133 e. The molecule has 3 N–H and O–H groups in total. The highest BCUT2D eigenvalue weighted by Gasteiger charge is 2.22. The van der Waals surface area contributed by atoms with Crippen LogP contribution in [0.3, 0.4) is 0 Å². The van der Waals surface area contributed by atoms with Crippen molar-refractivity contribution in [3.8, 4) is 0 Å². The maximum absolute atomic E-state index is 14.0. The van der Waals surface area contributed by atoms with E-state index in [1.165, 1.54) is 12.1 Å². The third-order valence-corrected chi connectivity index (χ3v) is 3.05. The number of aryl methyl sites for hydroxylation is 1. The first-order valence-electron chi connectivity index (χ1n) is 6.17. The van der Waals surface area contributed by atoms with Gasteiger partial charge < -0.3 is 0 Å². The second kappa shape index (κ2) is 5.76. The van der Waals surface area contributed by atoms with E-state index in [1.807, 2.05) is 0 Å². The number of hydrogen-bond donors (Lipinski definition) is 2. The molecule has 4 heteroatoms. The molecule has 1 aromatic rings. The Hall–Kier alpha value is -1.00. The fourth-order valence-corrected chi connectivity index (χ4v) is 1.89. The van der Waals surface area contributed by atoms with Gasteiger partial charge in [0.25, 0.3) is 0 Å². The summed E-state index contributed by atoms with van der Waals surface area (Å²) in [5.41, 5.74) is 3.10. The molecule has 2 nitrogen and oxygen atoms in total. The lowest BCUT2D eigenvalue weighted by molar-refractivity contribution is 0.326. The number of halogens is 2. The highest BCUT2D eigenvalue weighted by Crippen LogP contribution is 2.30. The van der Waals surface area contributed by atoms with Gasteiger partial charge in [-0.05, 0) is 36.8 Å². The topological polar surface area (TPSA) is 38.0 Å². The van der Waals surface area contributed by atoms with Gasteiger partial charge in [-0.3, -0.25) is 11.3 Å². The summed E-state index contributed by atoms with van der Waals surface area (Å²) in [5.74, 6) is 4.38. The number of rotatable bonds is 4. The molecule has 18 heavy (non-hydrogen) atoms. The lowest BCUT2D eigenvalue weighted by Crippen LogP contribution is -2.30. The highest BCUT2D eigenvalue weighted by molar-refractivity contribution is 5.29. The zero-order valence-corrected chi connectivity index (χ0v) is 11.5. The minimum Gasteiger partial charge on any atom is -0.271 e. The molecule has 0 aliphatic heterocycles. The third-order valence-electron chi connectivity index (χ3n) is 3.05. The Balaban J connectivity index is 2.99. The van der Waals surface area contributed by atoms with Crippen LogP contribution in [0.15, 0.2) is 12.1 Å². The predicted molar refractivity (Wildman–Crippen MR) is 69.8 cm³/mol. The van der Waals surface area contributed by atoms with Gasteiger partial charge in [0.15, 0.2) is 0 Å². The van der Waals surface area contributed by atoms with Gasteiger partial charge in [-0.2, -0.15) is 0 Å². The van der Waals surface area contributed by atoms with E-state index < -0.39 is 17.7 Å². The molecular formula is C14H22F2N2. The van der Waals surface area contributed by atoms with Crippen molar-refractivity contribution >= 4 is 0 Å². The van der Waals surface area contributed by atoms with E-state index in [0.29, 0.717) is 12.0 Å². The molecule has 0 bridgehead atoms. The normalized spacial score (nSPS) is 13.7. The smallest absolute Gasteiger partial charge is 0.133 e. The Morgan fingerprint density at radius 3 is 2.39 bits per heavy atom. The molecule has 0 spiro atoms. The molecule has 0 heterocycles. The second-order valence-electron chi connectivity index (χ2n) is 5.91. The summed E-state index contributed by atoms with van der Waals surface area (Å²) in [6.07, 6.45) is 1.42. The maximum atomic E-state index is 14.0. The van der Waals surface area contributed by atoms with Gasteiger partial charge in [0, 0.05) is 5.56 Å². The first-order chi connectivity index (χ1) is 8.26. The van der Waals surface area contributed by atoms with Crippen LogP contribution in [0.2, 0.25) is 0 Å². The number of benzene rings is 1. The Kier molecular flexibility index (Phi) is 4.82. The molecule has 0 saturated carbocycles. The van der Waals surface area contributed by atoms with E-state index in [9.17, 15) is 8.78 Å². The molecule has 0 radical (unpaired) electrons. The lowest BCUT2D eigenvalue weighted by atomic mass is 9.87. The molecule has 0 aliphatic rings. The van der Waals surface area contributed by atoms with Crippen LogP contribution in [0.1, 0.15) is 50.8 Å². The van der Waals surface area contributed by atoms with Gasteiger partial charge >= 0.3 is 0 Å². The second-order valence-corrected chi connectivity index (χ2v) is 5.91. The summed E-state index contributed by atoms with van der Waals surface area (Å²) in [6.45, 7) is 7.88. The van der Waals surface area contributed by atoms with Crippen molar-refractivity contribution in [2.24, 2.45) is 11.3 Å². The lowest BCUT2D eigenvalue weighted by Gasteiger charge is -2.24. The zero-order valence-electron chi connectivity index (χ0n) is 11.5. The van der Waals surface area contributed by atoms with Crippen LogP contribution in [0.5, 0.6) is 0 Å². The number of hydrazine groups is 1. The molecule has 1 rings (SSSR count). The first kappa shape index (κ1) is 15.1. The Labute approximate surface area is 108 Å². The number of hydrogen-bond acceptors (Lipinski definition) is 2. The summed E-state index contributed by atoms with van der Waals surface area (Å²) in [5, 5.41) is 0. The molecule has 1 atom stereocenters. The number of nitrogens with two attached hydrogens (primary N) is 1. The van der Waals surface area contributed by atoms with Gasteiger partial charge in [0.2, 0.25) is 0 Å². The SMILES string of the molecule is Cc1ccc(F)c(C(CCC(C)(C)C)NN)c1F. The van der Waals surface area contributed by atoms with Crippen molar-refractivity contribution in [1.29, 1.82) is 0 Å². The van der Waals surface area contributed by atoms with Crippen LogP contribution in [0, 0.1) is 24.0 Å². The molecule has 0 fully saturated rings. The summed E-state index contributed by atoms with van der Waals surface area (Å²) in [6, 6.07) is 2.23. The predicted octanol–water partition coefficient (Wildman–Crippen LogP) is 3.60. The van der Waals surface area contributed by atoms with Crippen molar-refractivity contribution in [2.75, 3.05) is 0 Å². The molecule has 1 aromatic carbocycles. The van der Waals surface area contributed by atoms with Crippen LogP contribution >= 0.6 is 0 Å². The van der Waals surface area contributed by atoms with Crippen LogP contribution < -0.4 is 11.3 Å². The molecular weight excluding hydrogens is 234 g/mol. The molecule has 0 aromatic heterocycles. The van der Waals surface area contributed by atoms with E-state index in [2.05, 4.69) is 26.2 Å². The van der Waals surface area contributed by atoms with Crippen molar-refractivity contribution in [3.05, 3.63) is 34.9 Å². The van der Waals surface area contributed by atoms with Gasteiger partial charge in [-0.15, -0.1) is 0 Å². The summed E-state index contributed by atoms with van der Waals surface area (Å²) in [7, 11) is 0. The quantitative estimate of drug-likeness (QED) is 0.638. The summed E-state index contributed by atoms with van der Waals surface area (Å²) < 4.78 is 27.7. The van der Waals surface area contributed by atoms with E-state index in [0.717, 1.165) is 6.42 Å². The van der Waals surface area contributed by atoms with Crippen molar-refractivity contribution in [2.45, 2.75) is 46.6 Å². The first-order valence-corrected chi connectivity index (χ1v) is 6.17. The summed E-state index contributed by atoms with van der Waals surface area (Å²) >= 11 is 0. The van der Waals surface area contributed by atoms with Gasteiger partial charge in [-0.1, -0.05) is 26.8 Å². The fraction of sp³-hybridized carbons (Fsp3) is 0.571. The Bertz CT molecular complexity index is 411. The van der Waals surface area contributed by atoms with E-state index in [-0.39, 0.29) is 11.0 Å². The van der Waals surface area contributed by atoms with Gasteiger partial charge in [0.1, 0.15) is 11.6 Å². The Morgan fingerprint density at radius 1 is 1.28 bits per heavy atom. The summed E-state index contributed by atoms with van der Waals surface area (Å²) in [4.78, 5) is 0. The van der Waals surface area contributed by atoms with E-state index in [1.54, 1.807) is 6.92 Å². The van der Waals surface area contributed by atoms with E-state index >= 15 is 0 Å². The average molecular weight is 256 g/mol. The minimum absolute atomic E-state index is 0.0433. The van der Waals surface area contributed by atoms with Gasteiger partial charge in [-0.25, -0.2) is 8.78 Å². The molecule has 0 saturated heterocycles. The van der Waals surface area contributed by atoms with Crippen molar-refractivity contribution < 1.29 is 8.78 Å².